The van der Waals surface area contributed by atoms with Crippen LogP contribution < -0.4 is 10.3 Å². The Morgan fingerprint density at radius 2 is 1.68 bits per heavy atom. The van der Waals surface area contributed by atoms with Gasteiger partial charge < -0.3 is 28.6 Å². The van der Waals surface area contributed by atoms with Crippen LogP contribution in [0, 0.1) is 0 Å². The van der Waals surface area contributed by atoms with Gasteiger partial charge in [-0.05, 0) is 39.8 Å². The zero-order valence-corrected chi connectivity index (χ0v) is 20.1. The molecule has 1 aromatic heterocycles. The van der Waals surface area contributed by atoms with Crippen LogP contribution in [0.1, 0.15) is 33.3 Å². The lowest BCUT2D eigenvalue weighted by molar-refractivity contribution is -0.137. The highest BCUT2D eigenvalue weighted by atomic mass is 31.2. The van der Waals surface area contributed by atoms with Crippen molar-refractivity contribution >= 4 is 7.60 Å². The van der Waals surface area contributed by atoms with Crippen molar-refractivity contribution in [3.63, 3.8) is 0 Å². The lowest BCUT2D eigenvalue weighted by Crippen LogP contribution is -2.27. The maximum atomic E-state index is 12.8. The summed E-state index contributed by atoms with van der Waals surface area (Å²) < 4.78 is 72.8. The third-order valence-electron chi connectivity index (χ3n) is 4.04. The Morgan fingerprint density at radius 3 is 2.18 bits per heavy atom. The van der Waals surface area contributed by atoms with Crippen LogP contribution in [0.4, 0.5) is 13.2 Å². The van der Waals surface area contributed by atoms with Crippen molar-refractivity contribution in [2.45, 2.75) is 52.2 Å². The number of alkyl halides is 3. The van der Waals surface area contributed by atoms with E-state index in [2.05, 4.69) is 9.97 Å². The van der Waals surface area contributed by atoms with Crippen LogP contribution in [0.2, 0.25) is 0 Å². The van der Waals surface area contributed by atoms with Crippen molar-refractivity contribution < 1.29 is 41.4 Å². The van der Waals surface area contributed by atoms with Gasteiger partial charge in [-0.3, -0.25) is 9.36 Å². The van der Waals surface area contributed by atoms with Crippen molar-refractivity contribution in [1.82, 2.24) is 9.97 Å². The van der Waals surface area contributed by atoms with Crippen molar-refractivity contribution in [2.75, 3.05) is 19.6 Å². The highest BCUT2D eigenvalue weighted by molar-refractivity contribution is 7.53. The first-order chi connectivity index (χ1) is 15.8. The van der Waals surface area contributed by atoms with Crippen molar-refractivity contribution in [2.24, 2.45) is 0 Å². The zero-order valence-electron chi connectivity index (χ0n) is 19.2. The lowest BCUT2D eigenvalue weighted by atomic mass is 10.1. The minimum Gasteiger partial charge on any atom is -0.475 e. The molecule has 190 valence electrons. The molecule has 2 aromatic rings. The summed E-state index contributed by atoms with van der Waals surface area (Å²) in [6.07, 6.45) is -6.65. The normalized spacial score (nSPS) is 13.5. The third-order valence-corrected chi connectivity index (χ3v) is 5.99. The molecule has 0 unspecified atom stereocenters. The summed E-state index contributed by atoms with van der Waals surface area (Å²) in [5.74, 6) is -0.140. The van der Waals surface area contributed by atoms with Gasteiger partial charge in [0, 0.05) is 5.56 Å². The molecule has 2 rings (SSSR count). The summed E-state index contributed by atoms with van der Waals surface area (Å²) >= 11 is 0. The van der Waals surface area contributed by atoms with Gasteiger partial charge in [-0.2, -0.15) is 18.2 Å². The second-order valence-corrected chi connectivity index (χ2v) is 9.74. The van der Waals surface area contributed by atoms with Gasteiger partial charge in [-0.1, -0.05) is 12.1 Å². The molecule has 34 heavy (non-hydrogen) atoms. The molecule has 0 fully saturated rings. The molecular formula is C21H28F3N2O7P. The number of halogens is 3. The van der Waals surface area contributed by atoms with E-state index < -0.39 is 44.0 Å². The highest BCUT2D eigenvalue weighted by Crippen LogP contribution is 2.50. The number of benzene rings is 1. The van der Waals surface area contributed by atoms with E-state index in [1.54, 1.807) is 27.7 Å². The van der Waals surface area contributed by atoms with Crippen LogP contribution in [0.5, 0.6) is 5.88 Å². The molecule has 0 aliphatic heterocycles. The second-order valence-electron chi connectivity index (χ2n) is 7.84. The molecule has 0 amide bonds. The summed E-state index contributed by atoms with van der Waals surface area (Å²) in [5, 5.41) is 9.59. The van der Waals surface area contributed by atoms with Crippen LogP contribution >= 0.6 is 7.60 Å². The number of H-pyrrole nitrogens is 1. The molecule has 0 saturated carbocycles. The van der Waals surface area contributed by atoms with Gasteiger partial charge in [0.2, 0.25) is 5.88 Å². The fraction of sp³-hybridized carbons (Fsp3) is 0.524. The Labute approximate surface area is 194 Å². The molecule has 0 aliphatic rings. The number of ether oxygens (including phenoxy) is 2. The lowest BCUT2D eigenvalue weighted by Gasteiger charge is -2.24. The van der Waals surface area contributed by atoms with E-state index in [0.717, 1.165) is 18.2 Å². The van der Waals surface area contributed by atoms with Crippen LogP contribution in [0.15, 0.2) is 35.1 Å². The highest BCUT2D eigenvalue weighted by Gasteiger charge is 2.31. The van der Waals surface area contributed by atoms with E-state index in [9.17, 15) is 27.6 Å². The molecule has 1 heterocycles. The first kappa shape index (κ1) is 28.0. The molecule has 2 N–H and O–H groups in total. The van der Waals surface area contributed by atoms with Crippen LogP contribution in [-0.2, 0) is 24.5 Å². The standard InChI is InChI=1S/C21H28F3N2O7P/c1-13(2)32-34(29,33-14(3)4)12-31-17(10-27)11-30-19-9-18(28)25-20(26-19)15-5-7-16(8-6-15)21(22,23)24/h5-9,13-14,17,27H,10-12H2,1-4H3,(H,25,26,28)/t17-/m1/s1. The van der Waals surface area contributed by atoms with Gasteiger partial charge in [0.05, 0.1) is 30.4 Å². The van der Waals surface area contributed by atoms with E-state index in [1.165, 1.54) is 12.1 Å². The van der Waals surface area contributed by atoms with Crippen molar-refractivity contribution in [3.8, 4) is 17.3 Å². The van der Waals surface area contributed by atoms with Gasteiger partial charge in [0.15, 0.2) is 0 Å². The predicted molar refractivity (Wildman–Crippen MR) is 118 cm³/mol. The number of aliphatic hydroxyl groups is 1. The van der Waals surface area contributed by atoms with Gasteiger partial charge in [-0.15, -0.1) is 0 Å². The van der Waals surface area contributed by atoms with Gasteiger partial charge in [0.1, 0.15) is 24.9 Å². The smallest absolute Gasteiger partial charge is 0.416 e. The molecule has 0 bridgehead atoms. The zero-order chi connectivity index (χ0) is 25.5. The molecule has 9 nitrogen and oxygen atoms in total. The summed E-state index contributed by atoms with van der Waals surface area (Å²) in [7, 11) is -3.61. The number of nitrogens with one attached hydrogen (secondary N) is 1. The minimum absolute atomic E-state index is 0.00198. The summed E-state index contributed by atoms with van der Waals surface area (Å²) in [6.45, 7) is 6.00. The monoisotopic (exact) mass is 508 g/mol. The quantitative estimate of drug-likeness (QED) is 0.409. The van der Waals surface area contributed by atoms with Crippen LogP contribution in [-0.4, -0.2) is 52.9 Å². The molecular weight excluding hydrogens is 480 g/mol. The number of hydrogen-bond donors (Lipinski definition) is 2. The van der Waals surface area contributed by atoms with Gasteiger partial charge in [0.25, 0.3) is 5.56 Å². The van der Waals surface area contributed by atoms with Crippen molar-refractivity contribution in [3.05, 3.63) is 46.2 Å². The first-order valence-corrected chi connectivity index (χ1v) is 12.1. The first-order valence-electron chi connectivity index (χ1n) is 10.4. The molecule has 0 aliphatic carbocycles. The molecule has 1 atom stereocenters. The largest absolute Gasteiger partial charge is 0.475 e. The predicted octanol–water partition coefficient (Wildman–Crippen LogP) is 4.21. The Kier molecular flexibility index (Phi) is 9.84. The molecule has 13 heteroatoms. The third kappa shape index (κ3) is 8.84. The average molecular weight is 508 g/mol. The molecule has 1 aromatic carbocycles. The number of hydrogen-bond acceptors (Lipinski definition) is 8. The number of aromatic amines is 1. The summed E-state index contributed by atoms with van der Waals surface area (Å²) in [5.41, 5.74) is -1.20. The SMILES string of the molecule is CC(C)OP(=O)(CO[C@H](CO)COc1cc(=O)[nH]c(-c2ccc(C(F)(F)F)cc2)n1)OC(C)C. The van der Waals surface area contributed by atoms with E-state index in [-0.39, 0.29) is 36.1 Å². The molecule has 0 spiro atoms. The average Bonchev–Trinajstić information content (AvgIpc) is 2.71. The number of aromatic nitrogens is 2. The fourth-order valence-corrected chi connectivity index (χ4v) is 4.57. The summed E-state index contributed by atoms with van der Waals surface area (Å²) in [4.78, 5) is 18.5. The van der Waals surface area contributed by atoms with Crippen LogP contribution in [0.25, 0.3) is 11.4 Å². The Bertz CT molecular complexity index is 1010. The van der Waals surface area contributed by atoms with E-state index >= 15 is 0 Å². The fourth-order valence-electron chi connectivity index (χ4n) is 2.72. The Hall–Kier alpha value is -2.24. The topological polar surface area (TPSA) is 120 Å². The number of nitrogens with zero attached hydrogens (tertiary/aromatic N) is 1. The second kappa shape index (κ2) is 11.9. The Balaban J connectivity index is 2.08. The maximum absolute atomic E-state index is 12.8. The minimum atomic E-state index is -4.49. The molecule has 0 saturated heterocycles. The Morgan fingerprint density at radius 1 is 1.09 bits per heavy atom. The van der Waals surface area contributed by atoms with E-state index in [1.807, 2.05) is 0 Å². The van der Waals surface area contributed by atoms with Crippen LogP contribution in [0.3, 0.4) is 0 Å². The van der Waals surface area contributed by atoms with Crippen molar-refractivity contribution in [1.29, 1.82) is 0 Å². The number of rotatable bonds is 12. The summed E-state index contributed by atoms with van der Waals surface area (Å²) in [6, 6.07) is 5.12. The molecule has 0 radical (unpaired) electrons. The maximum Gasteiger partial charge on any atom is 0.416 e. The number of aliphatic hydroxyl groups excluding tert-OH is 1. The van der Waals surface area contributed by atoms with Gasteiger partial charge in [-0.25, -0.2) is 0 Å². The van der Waals surface area contributed by atoms with Gasteiger partial charge >= 0.3 is 13.8 Å². The van der Waals surface area contributed by atoms with E-state index in [4.69, 9.17) is 18.5 Å². The van der Waals surface area contributed by atoms with E-state index in [0.29, 0.717) is 0 Å².